The van der Waals surface area contributed by atoms with Crippen molar-refractivity contribution in [2.75, 3.05) is 32.8 Å². The second kappa shape index (κ2) is 9.46. The number of piperidine rings is 1. The smallest absolute Gasteiger partial charge is 0.410 e. The molecule has 8 heteroatoms. The molecule has 6 rings (SSSR count). The molecule has 0 aliphatic carbocycles. The molecule has 1 amide bonds. The van der Waals surface area contributed by atoms with Gasteiger partial charge in [-0.15, -0.1) is 0 Å². The molecule has 0 unspecified atom stereocenters. The Morgan fingerprint density at radius 3 is 2.54 bits per heavy atom. The number of carbonyl (C=O) groups is 1. The highest BCUT2D eigenvalue weighted by molar-refractivity contribution is 5.89. The van der Waals surface area contributed by atoms with Crippen LogP contribution < -0.4 is 4.74 Å². The number of cyclic esters (lactones) is 1. The van der Waals surface area contributed by atoms with E-state index in [2.05, 4.69) is 44.1 Å². The van der Waals surface area contributed by atoms with E-state index in [-0.39, 0.29) is 6.09 Å². The molecule has 0 saturated carbocycles. The van der Waals surface area contributed by atoms with Gasteiger partial charge in [-0.05, 0) is 59.0 Å². The first kappa shape index (κ1) is 21.7. The van der Waals surface area contributed by atoms with Gasteiger partial charge >= 0.3 is 12.1 Å². The lowest BCUT2D eigenvalue weighted by atomic mass is 10.0. The molecule has 1 aromatic heterocycles. The number of carbonyl (C=O) groups excluding carboxylic acids is 1. The summed E-state index contributed by atoms with van der Waals surface area (Å²) in [6.07, 6.45) is 9.17. The average Bonchev–Trinajstić information content (AvgIpc) is 3.57. The first-order valence-corrected chi connectivity index (χ1v) is 12.1. The van der Waals surface area contributed by atoms with Crippen LogP contribution in [0.15, 0.2) is 59.9 Å². The highest BCUT2D eigenvalue weighted by Gasteiger charge is 2.32. The number of aromatic nitrogens is 2. The van der Waals surface area contributed by atoms with Crippen LogP contribution in [0.5, 0.6) is 11.8 Å². The van der Waals surface area contributed by atoms with Crippen molar-refractivity contribution in [3.05, 3.63) is 66.0 Å². The maximum atomic E-state index is 11.8. The van der Waals surface area contributed by atoms with E-state index in [1.54, 1.807) is 18.6 Å². The predicted octanol–water partition coefficient (Wildman–Crippen LogP) is 4.31. The molecule has 35 heavy (non-hydrogen) atoms. The van der Waals surface area contributed by atoms with Gasteiger partial charge in [0, 0.05) is 49.8 Å². The quantitative estimate of drug-likeness (QED) is 0.535. The summed E-state index contributed by atoms with van der Waals surface area (Å²) < 4.78 is 11.0. The van der Waals surface area contributed by atoms with Gasteiger partial charge in [0.2, 0.25) is 0 Å². The number of aliphatic imine (C=N–C) groups is 1. The first-order valence-electron chi connectivity index (χ1n) is 12.1. The van der Waals surface area contributed by atoms with Crippen molar-refractivity contribution in [2.24, 2.45) is 4.99 Å². The third-order valence-corrected chi connectivity index (χ3v) is 6.92. The van der Waals surface area contributed by atoms with E-state index >= 15 is 0 Å². The minimum Gasteiger partial charge on any atom is -0.448 e. The second-order valence-corrected chi connectivity index (χ2v) is 9.20. The molecule has 8 nitrogen and oxygen atoms in total. The van der Waals surface area contributed by atoms with Crippen molar-refractivity contribution in [2.45, 2.75) is 25.4 Å². The molecule has 0 radical (unpaired) electrons. The molecule has 0 spiro atoms. The minimum atomic E-state index is -0.151. The fourth-order valence-corrected chi connectivity index (χ4v) is 4.99. The lowest BCUT2D eigenvalue weighted by Crippen LogP contribution is -2.45. The van der Waals surface area contributed by atoms with Crippen LogP contribution in [0.4, 0.5) is 4.79 Å². The van der Waals surface area contributed by atoms with Crippen molar-refractivity contribution in [1.82, 2.24) is 19.8 Å². The minimum absolute atomic E-state index is 0.151. The predicted molar refractivity (Wildman–Crippen MR) is 134 cm³/mol. The number of ether oxygens (including phenoxy) is 2. The third-order valence-electron chi connectivity index (χ3n) is 6.92. The normalized spacial score (nSPS) is 18.8. The highest BCUT2D eigenvalue weighted by Crippen LogP contribution is 2.27. The summed E-state index contributed by atoms with van der Waals surface area (Å²) in [7, 11) is 0. The van der Waals surface area contributed by atoms with Crippen molar-refractivity contribution in [1.29, 1.82) is 0 Å². The molecule has 0 N–H and O–H groups in total. The summed E-state index contributed by atoms with van der Waals surface area (Å²) in [5, 5.41) is 2.29. The Balaban J connectivity index is 1.07. The Morgan fingerprint density at radius 2 is 1.80 bits per heavy atom. The number of allylic oxidation sites excluding steroid dienone is 1. The van der Waals surface area contributed by atoms with Gasteiger partial charge < -0.3 is 14.4 Å². The van der Waals surface area contributed by atoms with E-state index in [0.717, 1.165) is 55.5 Å². The molecule has 2 saturated heterocycles. The molecule has 2 aromatic carbocycles. The Morgan fingerprint density at radius 1 is 1.00 bits per heavy atom. The molecule has 178 valence electrons. The lowest BCUT2D eigenvalue weighted by Gasteiger charge is -2.35. The fourth-order valence-electron chi connectivity index (χ4n) is 4.99. The molecule has 0 bridgehead atoms. The summed E-state index contributed by atoms with van der Waals surface area (Å²) >= 11 is 0. The fraction of sp³-hybridized carbons (Fsp3) is 0.333. The van der Waals surface area contributed by atoms with Gasteiger partial charge in [0.05, 0.1) is 13.1 Å². The summed E-state index contributed by atoms with van der Waals surface area (Å²) in [6.45, 7) is 4.81. The zero-order chi connectivity index (χ0) is 23.6. The first-order chi connectivity index (χ1) is 17.2. The van der Waals surface area contributed by atoms with Crippen LogP contribution in [-0.2, 0) is 11.3 Å². The van der Waals surface area contributed by atoms with Crippen LogP contribution in [0.3, 0.4) is 0 Å². The number of fused-ring (bicyclic) bond motifs is 1. The number of amides is 1. The average molecular weight is 470 g/mol. The number of likely N-dealkylation sites (tertiary alicyclic amines) is 1. The maximum absolute atomic E-state index is 11.8. The van der Waals surface area contributed by atoms with Gasteiger partial charge in [0.15, 0.2) is 0 Å². The zero-order valence-electron chi connectivity index (χ0n) is 19.5. The molecular formula is C27H27N5O3. The van der Waals surface area contributed by atoms with Gasteiger partial charge in [-0.3, -0.25) is 9.89 Å². The number of rotatable bonds is 6. The number of benzene rings is 2. The largest absolute Gasteiger partial charge is 0.448 e. The second-order valence-electron chi connectivity index (χ2n) is 9.20. The van der Waals surface area contributed by atoms with Crippen LogP contribution >= 0.6 is 0 Å². The van der Waals surface area contributed by atoms with E-state index < -0.39 is 0 Å². The highest BCUT2D eigenvalue weighted by atomic mass is 16.6. The van der Waals surface area contributed by atoms with E-state index in [1.165, 1.54) is 10.9 Å². The maximum Gasteiger partial charge on any atom is 0.410 e. The Bertz CT molecular complexity index is 1300. The van der Waals surface area contributed by atoms with Crippen LogP contribution in [0.2, 0.25) is 0 Å². The number of nitrogens with zero attached hydrogens (tertiary/aromatic N) is 5. The van der Waals surface area contributed by atoms with Gasteiger partial charge in [-0.2, -0.15) is 0 Å². The van der Waals surface area contributed by atoms with Crippen LogP contribution in [0.25, 0.3) is 16.3 Å². The molecule has 3 aromatic rings. The summed E-state index contributed by atoms with van der Waals surface area (Å²) in [5.41, 5.74) is 3.36. The SMILES string of the molecule is O=C1OCCN1C1CCN(Cc2ccc3cc(Oc4ncc(C5=CC=NC5)cn4)ccc3c2)CC1. The van der Waals surface area contributed by atoms with E-state index in [9.17, 15) is 4.79 Å². The van der Waals surface area contributed by atoms with Crippen LogP contribution in [0.1, 0.15) is 24.0 Å². The summed E-state index contributed by atoms with van der Waals surface area (Å²) in [4.78, 5) is 29.1. The number of hydrogen-bond donors (Lipinski definition) is 0. The third kappa shape index (κ3) is 4.74. The van der Waals surface area contributed by atoms with Gasteiger partial charge in [-0.25, -0.2) is 14.8 Å². The van der Waals surface area contributed by atoms with Gasteiger partial charge in [-0.1, -0.05) is 18.2 Å². The van der Waals surface area contributed by atoms with E-state index in [0.29, 0.717) is 31.0 Å². The Kier molecular flexibility index (Phi) is 5.88. The molecule has 2 fully saturated rings. The van der Waals surface area contributed by atoms with E-state index in [4.69, 9.17) is 9.47 Å². The Hall–Kier alpha value is -3.78. The summed E-state index contributed by atoms with van der Waals surface area (Å²) in [5.74, 6) is 0.712. The van der Waals surface area contributed by atoms with E-state index in [1.807, 2.05) is 23.1 Å². The van der Waals surface area contributed by atoms with Gasteiger partial charge in [0.25, 0.3) is 0 Å². The van der Waals surface area contributed by atoms with Crippen molar-refractivity contribution in [3.63, 3.8) is 0 Å². The van der Waals surface area contributed by atoms with Gasteiger partial charge in [0.1, 0.15) is 12.4 Å². The van der Waals surface area contributed by atoms with Crippen molar-refractivity contribution < 1.29 is 14.3 Å². The number of hydrogen-bond acceptors (Lipinski definition) is 7. The van der Waals surface area contributed by atoms with Crippen molar-refractivity contribution >= 4 is 28.7 Å². The zero-order valence-corrected chi connectivity index (χ0v) is 19.5. The van der Waals surface area contributed by atoms with Crippen LogP contribution in [0, 0.1) is 0 Å². The van der Waals surface area contributed by atoms with Crippen molar-refractivity contribution in [3.8, 4) is 11.8 Å². The molecule has 4 heterocycles. The summed E-state index contributed by atoms with van der Waals surface area (Å²) in [6, 6.07) is 13.3. The monoisotopic (exact) mass is 469 g/mol. The molecule has 3 aliphatic rings. The topological polar surface area (TPSA) is 80.2 Å². The molecule has 3 aliphatic heterocycles. The Labute approximate surface area is 203 Å². The molecule has 0 atom stereocenters. The lowest BCUT2D eigenvalue weighted by molar-refractivity contribution is 0.115. The van der Waals surface area contributed by atoms with Crippen LogP contribution in [-0.4, -0.2) is 70.9 Å². The molecular weight excluding hydrogens is 442 g/mol. The standard InChI is InChI=1S/C27H27N5O3/c33-27-32(11-12-34-27)24-6-9-31(10-7-24)18-19-1-2-21-14-25(4-3-20(21)13-19)35-26-29-16-23(17-30-26)22-5-8-28-15-22/h1-5,8,13-14,16-17,24H,6-7,9-12,15,18H2.